The van der Waals surface area contributed by atoms with Crippen LogP contribution in [0.4, 0.5) is 10.9 Å². The smallest absolute Gasteiger partial charge is 0.265 e. The Morgan fingerprint density at radius 1 is 1.52 bits per heavy atom. The third kappa shape index (κ3) is 3.65. The van der Waals surface area contributed by atoms with Gasteiger partial charge < -0.3 is 21.1 Å². The summed E-state index contributed by atoms with van der Waals surface area (Å²) >= 11 is 1.28. The molecule has 0 bridgehead atoms. The van der Waals surface area contributed by atoms with E-state index >= 15 is 0 Å². The summed E-state index contributed by atoms with van der Waals surface area (Å²) in [7, 11) is 0. The Morgan fingerprint density at radius 2 is 2.19 bits per heavy atom. The third-order valence-electron chi connectivity index (χ3n) is 3.63. The number of ether oxygens (including phenoxy) is 1. The molecule has 2 heterocycles. The Balaban J connectivity index is 2.13. The number of rotatable bonds is 3. The number of thiazole rings is 1. The van der Waals surface area contributed by atoms with Crippen molar-refractivity contribution in [2.45, 2.75) is 58.2 Å². The maximum Gasteiger partial charge on any atom is 0.265 e. The second kappa shape index (κ2) is 5.46. The first-order valence-corrected chi connectivity index (χ1v) is 7.91. The molecular weight excluding hydrogens is 288 g/mol. The highest BCUT2D eigenvalue weighted by atomic mass is 32.1. The van der Waals surface area contributed by atoms with Crippen molar-refractivity contribution in [1.82, 2.24) is 10.3 Å². The molecule has 1 aliphatic rings. The molecule has 21 heavy (non-hydrogen) atoms. The van der Waals surface area contributed by atoms with E-state index in [-0.39, 0.29) is 28.9 Å². The summed E-state index contributed by atoms with van der Waals surface area (Å²) in [4.78, 5) is 17.1. The van der Waals surface area contributed by atoms with Crippen LogP contribution in [0.25, 0.3) is 0 Å². The summed E-state index contributed by atoms with van der Waals surface area (Å²) < 4.78 is 5.54. The van der Waals surface area contributed by atoms with E-state index in [2.05, 4.69) is 15.6 Å². The minimum Gasteiger partial charge on any atom is -0.382 e. The molecule has 1 fully saturated rings. The van der Waals surface area contributed by atoms with Crippen molar-refractivity contribution in [3.63, 3.8) is 0 Å². The second-order valence-corrected chi connectivity index (χ2v) is 7.74. The van der Waals surface area contributed by atoms with Crippen molar-refractivity contribution in [3.05, 3.63) is 4.88 Å². The Morgan fingerprint density at radius 3 is 2.71 bits per heavy atom. The lowest BCUT2D eigenvalue weighted by atomic mass is 9.94. The molecule has 1 aromatic rings. The van der Waals surface area contributed by atoms with Gasteiger partial charge in [-0.2, -0.15) is 0 Å². The first kappa shape index (κ1) is 16.0. The van der Waals surface area contributed by atoms with Crippen LogP contribution in [0.2, 0.25) is 0 Å². The quantitative estimate of drug-likeness (QED) is 0.796. The average molecular weight is 312 g/mol. The van der Waals surface area contributed by atoms with Gasteiger partial charge in [-0.3, -0.25) is 4.79 Å². The molecule has 0 aromatic carbocycles. The van der Waals surface area contributed by atoms with Crippen LogP contribution in [-0.4, -0.2) is 34.7 Å². The standard InChI is InChI=1S/C14H24N4O2S/c1-8-14(5,6-7-20-8)17-11(19)9-10(15)16-12(21-9)18-13(2,3)4/h8H,6-7,15H2,1-5H3,(H,16,18)(H,17,19). The number of nitrogens with one attached hydrogen (secondary N) is 2. The van der Waals surface area contributed by atoms with Crippen molar-refractivity contribution in [3.8, 4) is 0 Å². The van der Waals surface area contributed by atoms with Crippen LogP contribution in [0.1, 0.15) is 50.7 Å². The Labute approximate surface area is 129 Å². The average Bonchev–Trinajstić information content (AvgIpc) is 2.81. The van der Waals surface area contributed by atoms with Gasteiger partial charge in [0.1, 0.15) is 10.7 Å². The van der Waals surface area contributed by atoms with Crippen LogP contribution in [0.5, 0.6) is 0 Å². The highest BCUT2D eigenvalue weighted by Crippen LogP contribution is 2.30. The molecule has 6 nitrogen and oxygen atoms in total. The van der Waals surface area contributed by atoms with Gasteiger partial charge >= 0.3 is 0 Å². The summed E-state index contributed by atoms with van der Waals surface area (Å²) in [5.74, 6) is 0.0752. The number of aromatic nitrogens is 1. The van der Waals surface area contributed by atoms with E-state index in [1.807, 2.05) is 34.6 Å². The van der Waals surface area contributed by atoms with E-state index in [9.17, 15) is 4.79 Å². The maximum atomic E-state index is 12.4. The monoisotopic (exact) mass is 312 g/mol. The topological polar surface area (TPSA) is 89.3 Å². The van der Waals surface area contributed by atoms with E-state index in [4.69, 9.17) is 10.5 Å². The fourth-order valence-corrected chi connectivity index (χ4v) is 3.17. The molecule has 0 spiro atoms. The zero-order valence-corrected chi connectivity index (χ0v) is 14.1. The molecule has 1 aliphatic heterocycles. The summed E-state index contributed by atoms with van der Waals surface area (Å²) in [6.45, 7) is 10.7. The highest BCUT2D eigenvalue weighted by molar-refractivity contribution is 7.18. The molecule has 0 radical (unpaired) electrons. The summed E-state index contributed by atoms with van der Waals surface area (Å²) in [5.41, 5.74) is 5.40. The number of amides is 1. The molecule has 1 amide bonds. The maximum absolute atomic E-state index is 12.4. The second-order valence-electron chi connectivity index (χ2n) is 6.74. The van der Waals surface area contributed by atoms with Gasteiger partial charge in [0.15, 0.2) is 5.13 Å². The summed E-state index contributed by atoms with van der Waals surface area (Å²) in [6, 6.07) is 0. The van der Waals surface area contributed by atoms with Gasteiger partial charge in [0, 0.05) is 12.1 Å². The van der Waals surface area contributed by atoms with Gasteiger partial charge in [-0.1, -0.05) is 11.3 Å². The lowest BCUT2D eigenvalue weighted by Crippen LogP contribution is -2.50. The molecule has 7 heteroatoms. The molecule has 2 rings (SSSR count). The number of carbonyl (C=O) groups is 1. The number of nitrogens with two attached hydrogens (primary N) is 1. The van der Waals surface area contributed by atoms with Gasteiger partial charge in [-0.25, -0.2) is 4.98 Å². The number of nitrogens with zero attached hydrogens (tertiary/aromatic N) is 1. The molecule has 1 aromatic heterocycles. The lowest BCUT2D eigenvalue weighted by Gasteiger charge is -2.28. The normalized spacial score (nSPS) is 25.9. The van der Waals surface area contributed by atoms with Crippen molar-refractivity contribution in [2.24, 2.45) is 0 Å². The van der Waals surface area contributed by atoms with Gasteiger partial charge in [0.05, 0.1) is 11.6 Å². The van der Waals surface area contributed by atoms with Gasteiger partial charge in [-0.15, -0.1) is 0 Å². The van der Waals surface area contributed by atoms with Gasteiger partial charge in [0.25, 0.3) is 5.91 Å². The molecule has 2 unspecified atom stereocenters. The fraction of sp³-hybridized carbons (Fsp3) is 0.714. The van der Waals surface area contributed by atoms with Gasteiger partial charge in [-0.05, 0) is 41.0 Å². The minimum atomic E-state index is -0.356. The summed E-state index contributed by atoms with van der Waals surface area (Å²) in [6.07, 6.45) is 0.786. The van der Waals surface area contributed by atoms with E-state index in [1.54, 1.807) is 0 Å². The predicted octanol–water partition coefficient (Wildman–Crippen LogP) is 2.23. The SMILES string of the molecule is CC1OCCC1(C)NC(=O)c1sc(NC(C)(C)C)nc1N. The Bertz CT molecular complexity index is 538. The molecule has 0 saturated carbocycles. The van der Waals surface area contributed by atoms with Crippen LogP contribution in [0, 0.1) is 0 Å². The molecule has 2 atom stereocenters. The molecule has 4 N–H and O–H groups in total. The first-order valence-electron chi connectivity index (χ1n) is 7.09. The van der Waals surface area contributed by atoms with Gasteiger partial charge in [0.2, 0.25) is 0 Å². The first-order chi connectivity index (χ1) is 9.61. The van der Waals surface area contributed by atoms with Crippen LogP contribution in [-0.2, 0) is 4.74 Å². The minimum absolute atomic E-state index is 0.0113. The number of nitrogen functional groups attached to an aromatic ring is 1. The Hall–Kier alpha value is -1.34. The van der Waals surface area contributed by atoms with Crippen molar-refractivity contribution < 1.29 is 9.53 Å². The molecule has 0 aliphatic carbocycles. The van der Waals surface area contributed by atoms with Crippen LogP contribution >= 0.6 is 11.3 Å². The number of carbonyl (C=O) groups excluding carboxylic acids is 1. The lowest BCUT2D eigenvalue weighted by molar-refractivity contribution is 0.0730. The zero-order chi connectivity index (χ0) is 15.8. The van der Waals surface area contributed by atoms with E-state index in [0.717, 1.165) is 6.42 Å². The molecule has 118 valence electrons. The number of hydrogen-bond acceptors (Lipinski definition) is 6. The number of hydrogen-bond donors (Lipinski definition) is 3. The van der Waals surface area contributed by atoms with Crippen molar-refractivity contribution in [1.29, 1.82) is 0 Å². The Kier molecular flexibility index (Phi) is 4.17. The van der Waals surface area contributed by atoms with Crippen LogP contribution in [0.15, 0.2) is 0 Å². The van der Waals surface area contributed by atoms with Crippen molar-refractivity contribution in [2.75, 3.05) is 17.7 Å². The van der Waals surface area contributed by atoms with E-state index < -0.39 is 0 Å². The number of anilines is 2. The van der Waals surface area contributed by atoms with Crippen LogP contribution < -0.4 is 16.4 Å². The predicted molar refractivity (Wildman–Crippen MR) is 85.8 cm³/mol. The van der Waals surface area contributed by atoms with E-state index in [0.29, 0.717) is 16.6 Å². The highest BCUT2D eigenvalue weighted by Gasteiger charge is 2.39. The summed E-state index contributed by atoms with van der Waals surface area (Å²) in [5, 5.41) is 6.93. The fourth-order valence-electron chi connectivity index (χ4n) is 2.18. The zero-order valence-electron chi connectivity index (χ0n) is 13.2. The van der Waals surface area contributed by atoms with Crippen LogP contribution in [0.3, 0.4) is 0 Å². The van der Waals surface area contributed by atoms with Crippen molar-refractivity contribution >= 4 is 28.2 Å². The van der Waals surface area contributed by atoms with E-state index in [1.165, 1.54) is 11.3 Å². The largest absolute Gasteiger partial charge is 0.382 e. The third-order valence-corrected chi connectivity index (χ3v) is 4.61. The molecular formula is C14H24N4O2S. The molecule has 1 saturated heterocycles.